The average molecular weight is 230 g/mol. The zero-order valence-electron chi connectivity index (χ0n) is 9.04. The van der Waals surface area contributed by atoms with Gasteiger partial charge in [0, 0.05) is 23.0 Å². The third-order valence-electron chi connectivity index (χ3n) is 2.48. The predicted molar refractivity (Wildman–Crippen MR) is 59.0 cm³/mol. The Balaban J connectivity index is 2.72. The third-order valence-corrected chi connectivity index (χ3v) is 2.48. The van der Waals surface area contributed by atoms with Crippen LogP contribution in [0.15, 0.2) is 30.5 Å². The molecule has 0 spiro atoms. The number of halogens is 2. The third kappa shape index (κ3) is 2.00. The van der Waals surface area contributed by atoms with Gasteiger partial charge in [0.1, 0.15) is 0 Å². The van der Waals surface area contributed by atoms with Crippen LogP contribution in [0.2, 0.25) is 0 Å². The van der Waals surface area contributed by atoms with Crippen LogP contribution in [0.4, 0.5) is 8.78 Å². The highest BCUT2D eigenvalue weighted by atomic mass is 19.2. The van der Waals surface area contributed by atoms with Gasteiger partial charge in [0.05, 0.1) is 11.6 Å². The summed E-state index contributed by atoms with van der Waals surface area (Å²) in [7, 11) is 0. The highest BCUT2D eigenvalue weighted by molar-refractivity contribution is 5.72. The molecule has 0 radical (unpaired) electrons. The van der Waals surface area contributed by atoms with E-state index in [1.807, 2.05) is 6.07 Å². The first-order valence-electron chi connectivity index (χ1n) is 4.94. The summed E-state index contributed by atoms with van der Waals surface area (Å²) in [5, 5.41) is 8.93. The van der Waals surface area contributed by atoms with E-state index in [9.17, 15) is 8.78 Å². The van der Waals surface area contributed by atoms with Crippen molar-refractivity contribution < 1.29 is 8.78 Å². The number of pyridine rings is 1. The van der Waals surface area contributed by atoms with Gasteiger partial charge in [-0.2, -0.15) is 5.26 Å². The largest absolute Gasteiger partial charge is 0.261 e. The van der Waals surface area contributed by atoms with Gasteiger partial charge in [-0.15, -0.1) is 0 Å². The second kappa shape index (κ2) is 4.30. The van der Waals surface area contributed by atoms with Crippen molar-refractivity contribution in [3.05, 3.63) is 53.4 Å². The van der Waals surface area contributed by atoms with Gasteiger partial charge in [-0.1, -0.05) is 6.07 Å². The Bertz CT molecular complexity index is 615. The van der Waals surface area contributed by atoms with E-state index in [4.69, 9.17) is 5.26 Å². The van der Waals surface area contributed by atoms with Crippen LogP contribution >= 0.6 is 0 Å². The number of benzene rings is 1. The fraction of sp³-hybridized carbons (Fsp3) is 0.0769. The second-order valence-corrected chi connectivity index (χ2v) is 3.56. The van der Waals surface area contributed by atoms with Gasteiger partial charge < -0.3 is 0 Å². The van der Waals surface area contributed by atoms with Crippen molar-refractivity contribution in [2.75, 3.05) is 0 Å². The highest BCUT2D eigenvalue weighted by Gasteiger charge is 2.12. The lowest BCUT2D eigenvalue weighted by Crippen LogP contribution is -1.94. The molecule has 1 heterocycles. The topological polar surface area (TPSA) is 36.7 Å². The summed E-state index contributed by atoms with van der Waals surface area (Å²) < 4.78 is 26.2. The van der Waals surface area contributed by atoms with E-state index in [-0.39, 0.29) is 5.56 Å². The number of nitrogens with zero attached hydrogens (tertiary/aromatic N) is 2. The molecule has 0 aliphatic heterocycles. The van der Waals surface area contributed by atoms with Crippen molar-refractivity contribution in [3.8, 4) is 17.2 Å². The molecular weight excluding hydrogens is 222 g/mol. The normalized spacial score (nSPS) is 10.0. The Morgan fingerprint density at radius 3 is 2.53 bits per heavy atom. The molecule has 0 aliphatic rings. The standard InChI is InChI=1S/C13H8F2N2/c1-8-10(3-2-4-17-8)11-6-13(15)12(14)5-9(11)7-16/h2-6H,1H3. The number of aromatic nitrogens is 1. The smallest absolute Gasteiger partial charge is 0.160 e. The Morgan fingerprint density at radius 1 is 1.18 bits per heavy atom. The molecule has 0 saturated carbocycles. The van der Waals surface area contributed by atoms with Crippen molar-refractivity contribution in [1.29, 1.82) is 5.26 Å². The van der Waals surface area contributed by atoms with E-state index < -0.39 is 11.6 Å². The molecule has 0 atom stereocenters. The lowest BCUT2D eigenvalue weighted by molar-refractivity contribution is 0.508. The van der Waals surface area contributed by atoms with Crippen LogP contribution in [-0.2, 0) is 0 Å². The minimum absolute atomic E-state index is 0.0972. The van der Waals surface area contributed by atoms with E-state index in [1.165, 1.54) is 0 Å². The molecule has 1 aromatic heterocycles. The van der Waals surface area contributed by atoms with Crippen LogP contribution in [-0.4, -0.2) is 4.98 Å². The van der Waals surface area contributed by atoms with Gasteiger partial charge in [0.2, 0.25) is 0 Å². The zero-order chi connectivity index (χ0) is 12.4. The molecule has 0 amide bonds. The predicted octanol–water partition coefficient (Wildman–Crippen LogP) is 3.21. The SMILES string of the molecule is Cc1ncccc1-c1cc(F)c(F)cc1C#N. The molecule has 2 rings (SSSR count). The number of aryl methyl sites for hydroxylation is 1. The molecule has 2 aromatic rings. The van der Waals surface area contributed by atoms with Crippen LogP contribution in [0.1, 0.15) is 11.3 Å². The minimum Gasteiger partial charge on any atom is -0.261 e. The second-order valence-electron chi connectivity index (χ2n) is 3.56. The summed E-state index contributed by atoms with van der Waals surface area (Å²) in [5.41, 5.74) is 1.75. The summed E-state index contributed by atoms with van der Waals surface area (Å²) in [6.07, 6.45) is 1.60. The van der Waals surface area contributed by atoms with Crippen molar-refractivity contribution >= 4 is 0 Å². The Morgan fingerprint density at radius 2 is 1.88 bits per heavy atom. The fourth-order valence-electron chi connectivity index (χ4n) is 1.63. The van der Waals surface area contributed by atoms with E-state index >= 15 is 0 Å². The van der Waals surface area contributed by atoms with Crippen molar-refractivity contribution in [2.45, 2.75) is 6.92 Å². The molecule has 0 N–H and O–H groups in total. The maximum Gasteiger partial charge on any atom is 0.160 e. The van der Waals surface area contributed by atoms with E-state index in [0.717, 1.165) is 12.1 Å². The van der Waals surface area contributed by atoms with E-state index in [1.54, 1.807) is 25.3 Å². The molecule has 84 valence electrons. The van der Waals surface area contributed by atoms with E-state index in [0.29, 0.717) is 16.8 Å². The zero-order valence-corrected chi connectivity index (χ0v) is 9.04. The lowest BCUT2D eigenvalue weighted by Gasteiger charge is -2.07. The molecular formula is C13H8F2N2. The van der Waals surface area contributed by atoms with Crippen molar-refractivity contribution in [1.82, 2.24) is 4.98 Å². The summed E-state index contributed by atoms with van der Waals surface area (Å²) in [6.45, 7) is 1.75. The monoisotopic (exact) mass is 230 g/mol. The molecule has 0 bridgehead atoms. The van der Waals surface area contributed by atoms with Crippen LogP contribution < -0.4 is 0 Å². The van der Waals surface area contributed by atoms with Gasteiger partial charge >= 0.3 is 0 Å². The first-order chi connectivity index (χ1) is 8.13. The molecule has 0 aliphatic carbocycles. The van der Waals surface area contributed by atoms with Crippen LogP contribution in [0, 0.1) is 29.9 Å². The summed E-state index contributed by atoms with van der Waals surface area (Å²) in [6, 6.07) is 7.18. The van der Waals surface area contributed by atoms with Gasteiger partial charge in [-0.05, 0) is 25.1 Å². The number of hydrogen-bond acceptors (Lipinski definition) is 2. The Labute approximate surface area is 97.2 Å². The molecule has 17 heavy (non-hydrogen) atoms. The minimum atomic E-state index is -1.02. The summed E-state index contributed by atoms with van der Waals surface area (Å²) in [5.74, 6) is -1.99. The Hall–Kier alpha value is -2.28. The van der Waals surface area contributed by atoms with E-state index in [2.05, 4.69) is 4.98 Å². The van der Waals surface area contributed by atoms with Crippen molar-refractivity contribution in [3.63, 3.8) is 0 Å². The first kappa shape index (κ1) is 11.2. The van der Waals surface area contributed by atoms with Gasteiger partial charge in [0.15, 0.2) is 11.6 Å². The quantitative estimate of drug-likeness (QED) is 0.754. The number of hydrogen-bond donors (Lipinski definition) is 0. The summed E-state index contributed by atoms with van der Waals surface area (Å²) >= 11 is 0. The molecule has 1 aromatic carbocycles. The first-order valence-corrected chi connectivity index (χ1v) is 4.94. The molecule has 4 heteroatoms. The van der Waals surface area contributed by atoms with Crippen molar-refractivity contribution in [2.24, 2.45) is 0 Å². The van der Waals surface area contributed by atoms with Gasteiger partial charge in [-0.25, -0.2) is 8.78 Å². The van der Waals surface area contributed by atoms with Crippen LogP contribution in [0.5, 0.6) is 0 Å². The average Bonchev–Trinajstić information content (AvgIpc) is 2.33. The van der Waals surface area contributed by atoms with Gasteiger partial charge in [-0.3, -0.25) is 4.98 Å². The molecule has 2 nitrogen and oxygen atoms in total. The fourth-order valence-corrected chi connectivity index (χ4v) is 1.63. The number of rotatable bonds is 1. The maximum atomic E-state index is 13.2. The number of nitriles is 1. The maximum absolute atomic E-state index is 13.2. The Kier molecular flexibility index (Phi) is 2.84. The molecule has 0 unspecified atom stereocenters. The van der Waals surface area contributed by atoms with Crippen LogP contribution in [0.25, 0.3) is 11.1 Å². The summed E-state index contributed by atoms with van der Waals surface area (Å²) in [4.78, 5) is 4.06. The molecule has 0 saturated heterocycles. The van der Waals surface area contributed by atoms with Gasteiger partial charge in [0.25, 0.3) is 0 Å². The van der Waals surface area contributed by atoms with Crippen LogP contribution in [0.3, 0.4) is 0 Å². The highest BCUT2D eigenvalue weighted by Crippen LogP contribution is 2.27. The lowest BCUT2D eigenvalue weighted by atomic mass is 9.99. The molecule has 0 fully saturated rings.